The van der Waals surface area contributed by atoms with E-state index in [0.29, 0.717) is 6.54 Å². The summed E-state index contributed by atoms with van der Waals surface area (Å²) < 4.78 is 0. The van der Waals surface area contributed by atoms with Crippen LogP contribution >= 0.6 is 11.3 Å². The number of carbonyl (C=O) groups is 1. The Morgan fingerprint density at radius 2 is 2.22 bits per heavy atom. The van der Waals surface area contributed by atoms with Crippen LogP contribution in [0.1, 0.15) is 21.1 Å². The van der Waals surface area contributed by atoms with Crippen LogP contribution in [-0.2, 0) is 13.0 Å². The van der Waals surface area contributed by atoms with Crippen molar-refractivity contribution in [2.45, 2.75) is 13.0 Å². The van der Waals surface area contributed by atoms with Gasteiger partial charge in [0.25, 0.3) is 0 Å². The van der Waals surface area contributed by atoms with Gasteiger partial charge in [-0.2, -0.15) is 0 Å². The van der Waals surface area contributed by atoms with E-state index in [9.17, 15) is 4.79 Å². The van der Waals surface area contributed by atoms with E-state index in [4.69, 9.17) is 5.11 Å². The van der Waals surface area contributed by atoms with E-state index in [2.05, 4.69) is 21.7 Å². The Labute approximate surface area is 109 Å². The van der Waals surface area contributed by atoms with Gasteiger partial charge in [0.15, 0.2) is 0 Å². The van der Waals surface area contributed by atoms with Crippen molar-refractivity contribution in [2.24, 2.45) is 0 Å². The number of pyridine rings is 1. The highest BCUT2D eigenvalue weighted by molar-refractivity contribution is 7.09. The monoisotopic (exact) mass is 262 g/mol. The maximum Gasteiger partial charge on any atom is 0.354 e. The van der Waals surface area contributed by atoms with E-state index in [0.717, 1.165) is 18.7 Å². The minimum Gasteiger partial charge on any atom is -0.477 e. The Kier molecular flexibility index (Phi) is 4.44. The molecule has 0 spiro atoms. The molecule has 0 fully saturated rings. The molecule has 0 saturated heterocycles. The molecule has 2 N–H and O–H groups in total. The van der Waals surface area contributed by atoms with Crippen LogP contribution in [-0.4, -0.2) is 22.6 Å². The fourth-order valence-electron chi connectivity index (χ4n) is 1.58. The number of carboxylic acid groups (broad SMARTS) is 1. The van der Waals surface area contributed by atoms with Gasteiger partial charge in [-0.05, 0) is 30.0 Å². The second-order valence-corrected chi connectivity index (χ2v) is 4.86. The summed E-state index contributed by atoms with van der Waals surface area (Å²) in [5.41, 5.74) is 0.841. The maximum absolute atomic E-state index is 10.8. The van der Waals surface area contributed by atoms with Crippen LogP contribution in [0.3, 0.4) is 0 Å². The second kappa shape index (κ2) is 6.28. The summed E-state index contributed by atoms with van der Waals surface area (Å²) in [6.45, 7) is 1.45. The first-order valence-electron chi connectivity index (χ1n) is 5.68. The van der Waals surface area contributed by atoms with Gasteiger partial charge in [0.05, 0.1) is 5.69 Å². The Morgan fingerprint density at radius 3 is 2.94 bits per heavy atom. The quantitative estimate of drug-likeness (QED) is 0.783. The molecule has 94 valence electrons. The summed E-state index contributed by atoms with van der Waals surface area (Å²) in [6.07, 6.45) is 0.982. The van der Waals surface area contributed by atoms with Crippen LogP contribution in [0, 0.1) is 0 Å². The Morgan fingerprint density at radius 1 is 1.33 bits per heavy atom. The van der Waals surface area contributed by atoms with Gasteiger partial charge in [0.2, 0.25) is 0 Å². The molecule has 0 radical (unpaired) electrons. The van der Waals surface area contributed by atoms with Gasteiger partial charge in [-0.1, -0.05) is 12.1 Å². The van der Waals surface area contributed by atoms with Gasteiger partial charge in [0.1, 0.15) is 5.69 Å². The molecule has 0 saturated carbocycles. The summed E-state index contributed by atoms with van der Waals surface area (Å²) in [6, 6.07) is 9.18. The van der Waals surface area contributed by atoms with E-state index in [1.165, 1.54) is 10.9 Å². The van der Waals surface area contributed by atoms with Crippen LogP contribution in [0.25, 0.3) is 0 Å². The number of thiophene rings is 1. The number of aromatic nitrogens is 1. The molecular weight excluding hydrogens is 248 g/mol. The van der Waals surface area contributed by atoms with Crippen molar-refractivity contribution in [1.29, 1.82) is 0 Å². The molecule has 4 nitrogen and oxygen atoms in total. The Bertz CT molecular complexity index is 511. The van der Waals surface area contributed by atoms with Crippen molar-refractivity contribution in [1.82, 2.24) is 10.3 Å². The average Bonchev–Trinajstić information content (AvgIpc) is 2.88. The van der Waals surface area contributed by atoms with Crippen molar-refractivity contribution < 1.29 is 9.90 Å². The van der Waals surface area contributed by atoms with Gasteiger partial charge in [-0.3, -0.25) is 0 Å². The highest BCUT2D eigenvalue weighted by Crippen LogP contribution is 2.08. The third kappa shape index (κ3) is 3.65. The molecule has 0 amide bonds. The molecule has 18 heavy (non-hydrogen) atoms. The number of rotatable bonds is 6. The molecule has 2 aromatic heterocycles. The molecule has 2 rings (SSSR count). The SMILES string of the molecule is O=C(O)c1cccc(CNCCc2cccs2)n1. The lowest BCUT2D eigenvalue weighted by atomic mass is 10.3. The summed E-state index contributed by atoms with van der Waals surface area (Å²) in [5, 5.41) is 14.1. The van der Waals surface area contributed by atoms with Gasteiger partial charge >= 0.3 is 5.97 Å². The molecule has 0 aromatic carbocycles. The largest absolute Gasteiger partial charge is 0.477 e. The standard InChI is InChI=1S/C13H14N2O2S/c16-13(17)12-5-1-3-10(15-12)9-14-7-6-11-4-2-8-18-11/h1-5,8,14H,6-7,9H2,(H,16,17). The van der Waals surface area contributed by atoms with E-state index in [-0.39, 0.29) is 5.69 Å². The zero-order valence-corrected chi connectivity index (χ0v) is 10.6. The van der Waals surface area contributed by atoms with Crippen molar-refractivity contribution in [3.63, 3.8) is 0 Å². The lowest BCUT2D eigenvalue weighted by Crippen LogP contribution is -2.17. The van der Waals surface area contributed by atoms with E-state index in [1.807, 2.05) is 12.1 Å². The minimum absolute atomic E-state index is 0.0903. The maximum atomic E-state index is 10.8. The van der Waals surface area contributed by atoms with Crippen molar-refractivity contribution in [2.75, 3.05) is 6.54 Å². The molecule has 5 heteroatoms. The molecule has 0 bridgehead atoms. The highest BCUT2D eigenvalue weighted by Gasteiger charge is 2.04. The molecule has 0 aliphatic heterocycles. The molecule has 0 aliphatic carbocycles. The van der Waals surface area contributed by atoms with Crippen LogP contribution in [0.4, 0.5) is 0 Å². The number of carboxylic acids is 1. The molecule has 0 unspecified atom stereocenters. The first kappa shape index (κ1) is 12.7. The van der Waals surface area contributed by atoms with Crippen molar-refractivity contribution >= 4 is 17.3 Å². The topological polar surface area (TPSA) is 62.2 Å². The van der Waals surface area contributed by atoms with Crippen molar-refractivity contribution in [3.8, 4) is 0 Å². The van der Waals surface area contributed by atoms with Crippen LogP contribution in [0.15, 0.2) is 35.7 Å². The van der Waals surface area contributed by atoms with E-state index < -0.39 is 5.97 Å². The van der Waals surface area contributed by atoms with Crippen LogP contribution < -0.4 is 5.32 Å². The number of nitrogens with one attached hydrogen (secondary N) is 1. The van der Waals surface area contributed by atoms with E-state index in [1.54, 1.807) is 17.4 Å². The summed E-state index contributed by atoms with van der Waals surface area (Å²) >= 11 is 1.74. The Hall–Kier alpha value is -1.72. The van der Waals surface area contributed by atoms with Crippen LogP contribution in [0.2, 0.25) is 0 Å². The van der Waals surface area contributed by atoms with Gasteiger partial charge in [0, 0.05) is 18.0 Å². The summed E-state index contributed by atoms with van der Waals surface area (Å²) in [4.78, 5) is 16.1. The van der Waals surface area contributed by atoms with Gasteiger partial charge in [-0.25, -0.2) is 9.78 Å². The zero-order valence-electron chi connectivity index (χ0n) is 9.80. The molecule has 2 heterocycles. The number of hydrogen-bond acceptors (Lipinski definition) is 4. The Balaban J connectivity index is 1.79. The highest BCUT2D eigenvalue weighted by atomic mass is 32.1. The fourth-order valence-corrected chi connectivity index (χ4v) is 2.29. The molecule has 0 atom stereocenters. The average molecular weight is 262 g/mol. The summed E-state index contributed by atoms with van der Waals surface area (Å²) in [5.74, 6) is -0.990. The van der Waals surface area contributed by atoms with E-state index >= 15 is 0 Å². The normalized spacial score (nSPS) is 10.4. The first-order valence-corrected chi connectivity index (χ1v) is 6.56. The zero-order chi connectivity index (χ0) is 12.8. The summed E-state index contributed by atoms with van der Waals surface area (Å²) in [7, 11) is 0. The third-order valence-electron chi connectivity index (χ3n) is 2.46. The second-order valence-electron chi connectivity index (χ2n) is 3.83. The lowest BCUT2D eigenvalue weighted by Gasteiger charge is -2.04. The number of nitrogens with zero attached hydrogens (tertiary/aromatic N) is 1. The van der Waals surface area contributed by atoms with Crippen molar-refractivity contribution in [3.05, 3.63) is 52.0 Å². The van der Waals surface area contributed by atoms with Gasteiger partial charge < -0.3 is 10.4 Å². The van der Waals surface area contributed by atoms with Crippen LogP contribution in [0.5, 0.6) is 0 Å². The minimum atomic E-state index is -0.990. The first-order chi connectivity index (χ1) is 8.75. The molecular formula is C13H14N2O2S. The molecule has 2 aromatic rings. The van der Waals surface area contributed by atoms with Gasteiger partial charge in [-0.15, -0.1) is 11.3 Å². The predicted molar refractivity (Wildman–Crippen MR) is 70.9 cm³/mol. The molecule has 0 aliphatic rings. The number of hydrogen-bond donors (Lipinski definition) is 2. The lowest BCUT2D eigenvalue weighted by molar-refractivity contribution is 0.0690. The number of aromatic carboxylic acids is 1. The predicted octanol–water partition coefficient (Wildman–Crippen LogP) is 2.17. The fraction of sp³-hybridized carbons (Fsp3) is 0.231. The third-order valence-corrected chi connectivity index (χ3v) is 3.40. The smallest absolute Gasteiger partial charge is 0.354 e.